The number of para-hydroxylation sites is 2. The molecule has 3 heterocycles. The molecule has 28 heavy (non-hydrogen) atoms. The minimum absolute atomic E-state index is 0.256. The first-order valence-electron chi connectivity index (χ1n) is 9.09. The maximum Gasteiger partial charge on any atom is 0.266 e. The molecule has 0 N–H and O–H groups in total. The average Bonchev–Trinajstić information content (AvgIpc) is 3.26. The number of pyridine rings is 1. The van der Waals surface area contributed by atoms with Crippen LogP contribution in [0, 0.1) is 5.92 Å². The Morgan fingerprint density at radius 2 is 1.46 bits per heavy atom. The van der Waals surface area contributed by atoms with Gasteiger partial charge in [0.05, 0.1) is 17.4 Å². The van der Waals surface area contributed by atoms with Crippen molar-refractivity contribution < 1.29 is 14.4 Å². The lowest BCUT2D eigenvalue weighted by atomic mass is 9.91. The van der Waals surface area contributed by atoms with E-state index >= 15 is 0 Å². The van der Waals surface area contributed by atoms with Crippen LogP contribution in [0.15, 0.2) is 85.2 Å². The molecule has 3 aromatic rings. The number of amides is 2. The second kappa shape index (κ2) is 6.58. The minimum Gasteiger partial charge on any atom is -0.273 e. The summed E-state index contributed by atoms with van der Waals surface area (Å²) >= 11 is 0. The number of nitrogens with zero attached hydrogens (tertiary/aromatic N) is 3. The van der Waals surface area contributed by atoms with E-state index in [0.29, 0.717) is 5.69 Å². The van der Waals surface area contributed by atoms with E-state index in [-0.39, 0.29) is 11.8 Å². The van der Waals surface area contributed by atoms with E-state index in [4.69, 9.17) is 4.84 Å². The predicted molar refractivity (Wildman–Crippen MR) is 103 cm³/mol. The molecule has 2 saturated heterocycles. The number of benzene rings is 2. The van der Waals surface area contributed by atoms with E-state index in [9.17, 15) is 9.59 Å². The third kappa shape index (κ3) is 2.50. The average molecular weight is 371 g/mol. The van der Waals surface area contributed by atoms with Crippen LogP contribution in [-0.4, -0.2) is 22.9 Å². The summed E-state index contributed by atoms with van der Waals surface area (Å²) in [6, 6.07) is 21.8. The lowest BCUT2D eigenvalue weighted by Gasteiger charge is -2.28. The molecule has 0 aliphatic carbocycles. The zero-order valence-corrected chi connectivity index (χ0v) is 14.9. The second-order valence-corrected chi connectivity index (χ2v) is 6.79. The zero-order valence-electron chi connectivity index (χ0n) is 14.9. The molecule has 5 rings (SSSR count). The van der Waals surface area contributed by atoms with Crippen molar-refractivity contribution in [1.29, 1.82) is 0 Å². The number of fused-ring (bicyclic) bond motifs is 1. The van der Waals surface area contributed by atoms with E-state index in [2.05, 4.69) is 4.98 Å². The molecule has 6 nitrogen and oxygen atoms in total. The molecule has 2 amide bonds. The minimum atomic E-state index is -0.863. The van der Waals surface area contributed by atoms with Crippen LogP contribution in [0.5, 0.6) is 0 Å². The fourth-order valence-corrected chi connectivity index (χ4v) is 3.93. The molecule has 6 heteroatoms. The quantitative estimate of drug-likeness (QED) is 0.662. The first-order valence-corrected chi connectivity index (χ1v) is 9.09. The Morgan fingerprint density at radius 3 is 2.11 bits per heavy atom. The van der Waals surface area contributed by atoms with Crippen LogP contribution in [0.4, 0.5) is 11.4 Å². The third-order valence-electron chi connectivity index (χ3n) is 5.17. The Kier molecular flexibility index (Phi) is 3.91. The first-order chi connectivity index (χ1) is 13.8. The third-order valence-corrected chi connectivity index (χ3v) is 5.17. The molecular formula is C22H17N3O3. The van der Waals surface area contributed by atoms with Gasteiger partial charge in [0.25, 0.3) is 5.91 Å². The standard InChI is InChI=1S/C22H17N3O3/c26-21-18-19(15-8-7-13-23-14-15)25(17-11-5-2-6-12-17)28-20(18)22(27)24(21)16-9-3-1-4-10-16/h1-14,18-20H/t18-,19-,20-/m1/s1. The molecular weight excluding hydrogens is 354 g/mol. The summed E-state index contributed by atoms with van der Waals surface area (Å²) < 4.78 is 0. The van der Waals surface area contributed by atoms with Gasteiger partial charge >= 0.3 is 0 Å². The molecule has 2 aliphatic rings. The van der Waals surface area contributed by atoms with Crippen molar-refractivity contribution >= 4 is 23.2 Å². The number of anilines is 2. The molecule has 3 atom stereocenters. The van der Waals surface area contributed by atoms with Gasteiger partial charge in [-0.1, -0.05) is 42.5 Å². The van der Waals surface area contributed by atoms with Crippen LogP contribution < -0.4 is 9.96 Å². The summed E-state index contributed by atoms with van der Waals surface area (Å²) in [7, 11) is 0. The Hall–Kier alpha value is -3.51. The fraction of sp³-hybridized carbons (Fsp3) is 0.136. The lowest BCUT2D eigenvalue weighted by molar-refractivity contribution is -0.126. The monoisotopic (exact) mass is 371 g/mol. The van der Waals surface area contributed by atoms with Crippen LogP contribution in [0.25, 0.3) is 0 Å². The van der Waals surface area contributed by atoms with Crippen molar-refractivity contribution in [3.63, 3.8) is 0 Å². The summed E-state index contributed by atoms with van der Waals surface area (Å²) in [5.41, 5.74) is 2.18. The van der Waals surface area contributed by atoms with Crippen LogP contribution in [-0.2, 0) is 14.4 Å². The van der Waals surface area contributed by atoms with E-state index in [0.717, 1.165) is 11.3 Å². The molecule has 2 aromatic carbocycles. The number of carbonyl (C=O) groups excluding carboxylic acids is 2. The Morgan fingerprint density at radius 1 is 0.786 bits per heavy atom. The van der Waals surface area contributed by atoms with Gasteiger partial charge in [0.15, 0.2) is 6.10 Å². The van der Waals surface area contributed by atoms with Gasteiger partial charge in [0, 0.05) is 12.4 Å². The van der Waals surface area contributed by atoms with Crippen molar-refractivity contribution in [2.45, 2.75) is 12.1 Å². The summed E-state index contributed by atoms with van der Waals surface area (Å²) in [6.07, 6.45) is 2.54. The smallest absolute Gasteiger partial charge is 0.266 e. The van der Waals surface area contributed by atoms with E-state index in [1.807, 2.05) is 48.5 Å². The van der Waals surface area contributed by atoms with Crippen molar-refractivity contribution in [1.82, 2.24) is 4.98 Å². The highest BCUT2D eigenvalue weighted by atomic mass is 16.7. The first kappa shape index (κ1) is 16.6. The van der Waals surface area contributed by atoms with Crippen molar-refractivity contribution in [2.24, 2.45) is 5.92 Å². The van der Waals surface area contributed by atoms with Gasteiger partial charge in [-0.15, -0.1) is 0 Å². The van der Waals surface area contributed by atoms with Gasteiger partial charge in [-0.2, -0.15) is 0 Å². The topological polar surface area (TPSA) is 62.7 Å². The van der Waals surface area contributed by atoms with Gasteiger partial charge in [-0.25, -0.2) is 9.96 Å². The van der Waals surface area contributed by atoms with E-state index in [1.165, 1.54) is 4.90 Å². The molecule has 0 unspecified atom stereocenters. The number of hydrogen-bond donors (Lipinski definition) is 0. The number of carbonyl (C=O) groups is 2. The van der Waals surface area contributed by atoms with E-state index in [1.54, 1.807) is 41.7 Å². The maximum atomic E-state index is 13.3. The van der Waals surface area contributed by atoms with Crippen LogP contribution in [0.1, 0.15) is 11.6 Å². The highest BCUT2D eigenvalue weighted by Gasteiger charge is 2.60. The molecule has 0 saturated carbocycles. The summed E-state index contributed by atoms with van der Waals surface area (Å²) in [5.74, 6) is -1.24. The molecule has 0 bridgehead atoms. The second-order valence-electron chi connectivity index (χ2n) is 6.79. The normalized spacial score (nSPS) is 23.9. The summed E-state index contributed by atoms with van der Waals surface area (Å²) in [5, 5.41) is 1.67. The Balaban J connectivity index is 1.59. The molecule has 0 radical (unpaired) electrons. The molecule has 138 valence electrons. The van der Waals surface area contributed by atoms with Crippen molar-refractivity contribution in [3.05, 3.63) is 90.8 Å². The molecule has 2 aliphatic heterocycles. The van der Waals surface area contributed by atoms with Crippen molar-refractivity contribution in [3.8, 4) is 0 Å². The van der Waals surface area contributed by atoms with Gasteiger partial charge in [0.2, 0.25) is 5.91 Å². The van der Waals surface area contributed by atoms with Gasteiger partial charge in [-0.3, -0.25) is 19.4 Å². The Bertz CT molecular complexity index is 1010. The zero-order chi connectivity index (χ0) is 19.1. The highest BCUT2D eigenvalue weighted by molar-refractivity contribution is 6.23. The number of hydroxylamine groups is 1. The summed E-state index contributed by atoms with van der Waals surface area (Å²) in [4.78, 5) is 37.9. The van der Waals surface area contributed by atoms with Crippen LogP contribution in [0.3, 0.4) is 0 Å². The number of aromatic nitrogens is 1. The number of rotatable bonds is 3. The molecule has 2 fully saturated rings. The van der Waals surface area contributed by atoms with Gasteiger partial charge in [0.1, 0.15) is 5.92 Å². The summed E-state index contributed by atoms with van der Waals surface area (Å²) in [6.45, 7) is 0. The van der Waals surface area contributed by atoms with Crippen LogP contribution >= 0.6 is 0 Å². The maximum absolute atomic E-state index is 13.3. The van der Waals surface area contributed by atoms with Crippen LogP contribution in [0.2, 0.25) is 0 Å². The lowest BCUT2D eigenvalue weighted by Crippen LogP contribution is -2.37. The Labute approximate surface area is 161 Å². The van der Waals surface area contributed by atoms with E-state index < -0.39 is 18.1 Å². The fourth-order valence-electron chi connectivity index (χ4n) is 3.93. The molecule has 0 spiro atoms. The highest BCUT2D eigenvalue weighted by Crippen LogP contribution is 2.47. The van der Waals surface area contributed by atoms with Crippen molar-refractivity contribution in [2.75, 3.05) is 9.96 Å². The SMILES string of the molecule is O=C1[C@@H]2[C@@H](c3cccnc3)N(c3ccccc3)O[C@H]2C(=O)N1c1ccccc1. The largest absolute Gasteiger partial charge is 0.273 e. The van der Waals surface area contributed by atoms with Gasteiger partial charge < -0.3 is 0 Å². The molecule has 1 aromatic heterocycles. The number of imide groups is 1. The van der Waals surface area contributed by atoms with Gasteiger partial charge in [-0.05, 0) is 35.9 Å². The number of hydrogen-bond acceptors (Lipinski definition) is 5. The predicted octanol–water partition coefficient (Wildman–Crippen LogP) is 3.13.